The van der Waals surface area contributed by atoms with Crippen LogP contribution in [0.2, 0.25) is 0 Å². The van der Waals surface area contributed by atoms with Crippen LogP contribution in [0.1, 0.15) is 32.6 Å². The number of aliphatic hydroxyl groups is 1. The number of nitrogens with one attached hydrogen (secondary N) is 2. The van der Waals surface area contributed by atoms with Crippen LogP contribution in [0.25, 0.3) is 0 Å². The molecule has 2 atom stereocenters. The minimum atomic E-state index is -4.16. The monoisotopic (exact) mass is 409 g/mol. The number of hydrogen-bond donors (Lipinski definition) is 3. The molecule has 1 saturated carbocycles. The Bertz CT molecular complexity index is 300. The number of guanidine groups is 1. The Morgan fingerprint density at radius 2 is 2.00 bits per heavy atom. The fraction of sp³-hybridized carbons (Fsp3) is 0.917. The smallest absolute Gasteiger partial charge is 0.390 e. The predicted octanol–water partition coefficient (Wildman–Crippen LogP) is 2.27. The summed E-state index contributed by atoms with van der Waals surface area (Å²) < 4.78 is 36.1. The third-order valence-corrected chi connectivity index (χ3v) is 3.15. The molecule has 8 heteroatoms. The van der Waals surface area contributed by atoms with E-state index < -0.39 is 12.6 Å². The van der Waals surface area contributed by atoms with Gasteiger partial charge >= 0.3 is 6.18 Å². The number of aliphatic hydroxyl groups excluding tert-OH is 1. The second kappa shape index (κ2) is 9.64. The number of alkyl halides is 3. The molecule has 4 nitrogen and oxygen atoms in total. The molecule has 0 spiro atoms. The molecule has 120 valence electrons. The Morgan fingerprint density at radius 3 is 2.50 bits per heavy atom. The molecule has 20 heavy (non-hydrogen) atoms. The lowest BCUT2D eigenvalue weighted by molar-refractivity contribution is -0.132. The van der Waals surface area contributed by atoms with Gasteiger partial charge in [0.25, 0.3) is 0 Å². The van der Waals surface area contributed by atoms with E-state index in [-0.39, 0.29) is 42.5 Å². The standard InChI is InChI=1S/C12H22F3N3O.HI/c1-2-16-11(17-7-6-12(13,14)15)18-8-9-4-3-5-10(9)19;/h9-10,19H,2-8H2,1H3,(H2,16,17,18);1H. The molecule has 0 radical (unpaired) electrons. The summed E-state index contributed by atoms with van der Waals surface area (Å²) in [6, 6.07) is 0. The van der Waals surface area contributed by atoms with E-state index in [1.165, 1.54) is 0 Å². The van der Waals surface area contributed by atoms with Gasteiger partial charge in [-0.25, -0.2) is 0 Å². The van der Waals surface area contributed by atoms with Crippen LogP contribution in [0.5, 0.6) is 0 Å². The van der Waals surface area contributed by atoms with E-state index >= 15 is 0 Å². The zero-order chi connectivity index (χ0) is 14.3. The highest BCUT2D eigenvalue weighted by molar-refractivity contribution is 14.0. The molecular weight excluding hydrogens is 386 g/mol. The van der Waals surface area contributed by atoms with Gasteiger partial charge in [-0.3, -0.25) is 4.99 Å². The SMILES string of the molecule is CCNC(=NCC1CCCC1O)NCCC(F)(F)F.I. The second-order valence-corrected chi connectivity index (χ2v) is 4.77. The van der Waals surface area contributed by atoms with Crippen molar-refractivity contribution in [2.45, 2.75) is 44.9 Å². The van der Waals surface area contributed by atoms with Gasteiger partial charge in [-0.15, -0.1) is 24.0 Å². The molecule has 1 fully saturated rings. The van der Waals surface area contributed by atoms with Crippen LogP contribution in [0.4, 0.5) is 13.2 Å². The molecule has 1 aliphatic rings. The minimum Gasteiger partial charge on any atom is -0.393 e. The summed E-state index contributed by atoms with van der Waals surface area (Å²) in [7, 11) is 0. The molecule has 3 N–H and O–H groups in total. The summed E-state index contributed by atoms with van der Waals surface area (Å²) >= 11 is 0. The fourth-order valence-electron chi connectivity index (χ4n) is 2.10. The summed E-state index contributed by atoms with van der Waals surface area (Å²) in [5, 5.41) is 15.2. The zero-order valence-electron chi connectivity index (χ0n) is 11.5. The largest absolute Gasteiger partial charge is 0.393 e. The number of nitrogens with zero attached hydrogens (tertiary/aromatic N) is 1. The van der Waals surface area contributed by atoms with Crippen LogP contribution in [0.3, 0.4) is 0 Å². The third-order valence-electron chi connectivity index (χ3n) is 3.15. The lowest BCUT2D eigenvalue weighted by atomic mass is 10.1. The van der Waals surface area contributed by atoms with E-state index in [9.17, 15) is 18.3 Å². The highest BCUT2D eigenvalue weighted by Gasteiger charge is 2.27. The lowest BCUT2D eigenvalue weighted by Crippen LogP contribution is -2.39. The van der Waals surface area contributed by atoms with E-state index in [0.717, 1.165) is 19.3 Å². The van der Waals surface area contributed by atoms with Crippen LogP contribution in [-0.2, 0) is 0 Å². The summed E-state index contributed by atoms with van der Waals surface area (Å²) in [5.41, 5.74) is 0. The van der Waals surface area contributed by atoms with Crippen LogP contribution in [-0.4, -0.2) is 43.0 Å². The first-order valence-corrected chi connectivity index (χ1v) is 6.69. The Morgan fingerprint density at radius 1 is 1.30 bits per heavy atom. The van der Waals surface area contributed by atoms with Gasteiger partial charge in [-0.1, -0.05) is 6.42 Å². The molecule has 2 unspecified atom stereocenters. The lowest BCUT2D eigenvalue weighted by Gasteiger charge is -2.15. The van der Waals surface area contributed by atoms with Crippen molar-refractivity contribution in [2.24, 2.45) is 10.9 Å². The molecule has 0 aliphatic heterocycles. The average molecular weight is 409 g/mol. The molecule has 1 aliphatic carbocycles. The quantitative estimate of drug-likeness (QED) is 0.371. The first-order valence-electron chi connectivity index (χ1n) is 6.69. The highest BCUT2D eigenvalue weighted by atomic mass is 127. The van der Waals surface area contributed by atoms with Gasteiger partial charge < -0.3 is 15.7 Å². The van der Waals surface area contributed by atoms with Crippen LogP contribution < -0.4 is 10.6 Å². The molecule has 1 rings (SSSR count). The van der Waals surface area contributed by atoms with E-state index in [1.807, 2.05) is 6.92 Å². The first-order chi connectivity index (χ1) is 8.92. The Kier molecular flexibility index (Phi) is 9.52. The zero-order valence-corrected chi connectivity index (χ0v) is 13.9. The fourth-order valence-corrected chi connectivity index (χ4v) is 2.10. The van der Waals surface area contributed by atoms with Crippen molar-refractivity contribution >= 4 is 29.9 Å². The van der Waals surface area contributed by atoms with Crippen LogP contribution >= 0.6 is 24.0 Å². The third kappa shape index (κ3) is 8.13. The van der Waals surface area contributed by atoms with Crippen molar-refractivity contribution in [2.75, 3.05) is 19.6 Å². The number of halogens is 4. The summed E-state index contributed by atoms with van der Waals surface area (Å²) in [6.45, 7) is 2.70. The maximum absolute atomic E-state index is 12.0. The summed E-state index contributed by atoms with van der Waals surface area (Å²) in [4.78, 5) is 4.23. The van der Waals surface area contributed by atoms with Crippen molar-refractivity contribution in [3.63, 3.8) is 0 Å². The number of hydrogen-bond acceptors (Lipinski definition) is 2. The molecule has 0 saturated heterocycles. The van der Waals surface area contributed by atoms with Crippen molar-refractivity contribution < 1.29 is 18.3 Å². The van der Waals surface area contributed by atoms with E-state index in [2.05, 4.69) is 15.6 Å². The van der Waals surface area contributed by atoms with Gasteiger partial charge in [0.05, 0.1) is 12.5 Å². The molecular formula is C12H23F3IN3O. The maximum Gasteiger partial charge on any atom is 0.390 e. The van der Waals surface area contributed by atoms with Gasteiger partial charge in [-0.2, -0.15) is 13.2 Å². The summed E-state index contributed by atoms with van der Waals surface area (Å²) in [6.07, 6.45) is -2.68. The first kappa shape index (κ1) is 19.8. The summed E-state index contributed by atoms with van der Waals surface area (Å²) in [5.74, 6) is 0.504. The van der Waals surface area contributed by atoms with Crippen LogP contribution in [0.15, 0.2) is 4.99 Å². The Hall–Kier alpha value is -0.250. The van der Waals surface area contributed by atoms with Crippen LogP contribution in [0, 0.1) is 5.92 Å². The average Bonchev–Trinajstić information content (AvgIpc) is 2.70. The number of aliphatic imine (C=N–C) groups is 1. The van der Waals surface area contributed by atoms with Gasteiger partial charge in [0.1, 0.15) is 0 Å². The van der Waals surface area contributed by atoms with Gasteiger partial charge in [-0.05, 0) is 19.8 Å². The topological polar surface area (TPSA) is 56.7 Å². The maximum atomic E-state index is 12.0. The van der Waals surface area contributed by atoms with E-state index in [0.29, 0.717) is 19.0 Å². The van der Waals surface area contributed by atoms with Crippen molar-refractivity contribution in [1.29, 1.82) is 0 Å². The van der Waals surface area contributed by atoms with Crippen molar-refractivity contribution in [3.05, 3.63) is 0 Å². The molecule has 0 heterocycles. The molecule has 0 aromatic heterocycles. The normalized spacial score (nSPS) is 23.4. The minimum absolute atomic E-state index is 0. The second-order valence-electron chi connectivity index (χ2n) is 4.77. The molecule has 0 amide bonds. The van der Waals surface area contributed by atoms with E-state index in [1.54, 1.807) is 0 Å². The van der Waals surface area contributed by atoms with Gasteiger partial charge in [0.2, 0.25) is 0 Å². The molecule has 0 aromatic rings. The number of rotatable bonds is 5. The Balaban J connectivity index is 0.00000361. The van der Waals surface area contributed by atoms with Crippen molar-refractivity contribution in [3.8, 4) is 0 Å². The predicted molar refractivity (Wildman–Crippen MR) is 83.4 cm³/mol. The Labute approximate surface area is 134 Å². The van der Waals surface area contributed by atoms with Crippen molar-refractivity contribution in [1.82, 2.24) is 10.6 Å². The highest BCUT2D eigenvalue weighted by Crippen LogP contribution is 2.25. The van der Waals surface area contributed by atoms with E-state index in [4.69, 9.17) is 0 Å². The van der Waals surface area contributed by atoms with Gasteiger partial charge in [0.15, 0.2) is 5.96 Å². The molecule has 0 aromatic carbocycles. The molecule has 0 bridgehead atoms. The van der Waals surface area contributed by atoms with Gasteiger partial charge in [0, 0.05) is 25.6 Å².